The van der Waals surface area contributed by atoms with Gasteiger partial charge in [-0.2, -0.15) is 0 Å². The van der Waals surface area contributed by atoms with Crippen molar-refractivity contribution in [3.8, 4) is 0 Å². The van der Waals surface area contributed by atoms with Crippen molar-refractivity contribution < 1.29 is 14.3 Å². The van der Waals surface area contributed by atoms with Gasteiger partial charge in [0.15, 0.2) is 5.78 Å². The van der Waals surface area contributed by atoms with Crippen molar-refractivity contribution in [1.82, 2.24) is 4.90 Å². The van der Waals surface area contributed by atoms with Gasteiger partial charge in [-0.15, -0.1) is 0 Å². The summed E-state index contributed by atoms with van der Waals surface area (Å²) < 4.78 is 5.03. The van der Waals surface area contributed by atoms with Crippen LogP contribution in [0.5, 0.6) is 0 Å². The molecular formula is C13H19NO3. The van der Waals surface area contributed by atoms with Crippen molar-refractivity contribution in [2.75, 3.05) is 19.7 Å². The monoisotopic (exact) mass is 237 g/mol. The molecule has 0 aromatic heterocycles. The molecule has 0 saturated carbocycles. The van der Waals surface area contributed by atoms with Crippen molar-refractivity contribution in [1.29, 1.82) is 0 Å². The van der Waals surface area contributed by atoms with E-state index in [1.165, 1.54) is 0 Å². The summed E-state index contributed by atoms with van der Waals surface area (Å²) in [6.45, 7) is 3.69. The first-order valence-electron chi connectivity index (χ1n) is 6.29. The molecule has 2 rings (SSSR count). The second-order valence-corrected chi connectivity index (χ2v) is 4.89. The minimum Gasteiger partial charge on any atom is -0.450 e. The summed E-state index contributed by atoms with van der Waals surface area (Å²) in [5.74, 6) is 0.198. The van der Waals surface area contributed by atoms with E-state index in [4.69, 9.17) is 4.74 Å². The summed E-state index contributed by atoms with van der Waals surface area (Å²) in [5, 5.41) is 0. The fourth-order valence-corrected chi connectivity index (χ4v) is 2.68. The predicted octanol–water partition coefficient (Wildman–Crippen LogP) is 2.14. The van der Waals surface area contributed by atoms with Crippen LogP contribution in [0.2, 0.25) is 0 Å². The van der Waals surface area contributed by atoms with Crippen LogP contribution in [0.1, 0.15) is 32.6 Å². The molecule has 0 bridgehead atoms. The summed E-state index contributed by atoms with van der Waals surface area (Å²) in [6, 6.07) is 0. The topological polar surface area (TPSA) is 46.6 Å². The number of amides is 1. The lowest BCUT2D eigenvalue weighted by molar-refractivity contribution is -0.115. The maximum Gasteiger partial charge on any atom is 0.409 e. The maximum atomic E-state index is 11.7. The predicted molar refractivity (Wildman–Crippen MR) is 63.6 cm³/mol. The fourth-order valence-electron chi connectivity index (χ4n) is 2.68. The van der Waals surface area contributed by atoms with Crippen LogP contribution < -0.4 is 0 Å². The number of hydrogen-bond donors (Lipinski definition) is 0. The Morgan fingerprint density at radius 2 is 2.35 bits per heavy atom. The Labute approximate surface area is 102 Å². The van der Waals surface area contributed by atoms with Crippen LogP contribution in [-0.2, 0) is 9.53 Å². The summed E-state index contributed by atoms with van der Waals surface area (Å²) in [6.07, 6.45) is 6.97. The second kappa shape index (κ2) is 4.90. The van der Waals surface area contributed by atoms with Crippen LogP contribution in [-0.4, -0.2) is 36.5 Å². The average molecular weight is 237 g/mol. The van der Waals surface area contributed by atoms with Crippen LogP contribution in [0.15, 0.2) is 12.2 Å². The Kier molecular flexibility index (Phi) is 3.50. The minimum absolute atomic E-state index is 0.0128. The highest BCUT2D eigenvalue weighted by Gasteiger charge is 2.37. The van der Waals surface area contributed by atoms with Crippen molar-refractivity contribution >= 4 is 11.9 Å². The molecule has 2 aliphatic rings. The lowest BCUT2D eigenvalue weighted by Crippen LogP contribution is -2.46. The SMILES string of the molecule is CCOC(=O)N1CCCC2(C=CC(=O)CC2)C1. The lowest BCUT2D eigenvalue weighted by atomic mass is 9.73. The Hall–Kier alpha value is -1.32. The van der Waals surface area contributed by atoms with Gasteiger partial charge in [0.2, 0.25) is 0 Å². The van der Waals surface area contributed by atoms with E-state index >= 15 is 0 Å². The molecule has 1 fully saturated rings. The van der Waals surface area contributed by atoms with E-state index in [1.807, 2.05) is 13.0 Å². The fraction of sp³-hybridized carbons (Fsp3) is 0.692. The number of nitrogens with zero attached hydrogens (tertiary/aromatic N) is 1. The number of hydrogen-bond acceptors (Lipinski definition) is 3. The van der Waals surface area contributed by atoms with Gasteiger partial charge in [-0.3, -0.25) is 4.79 Å². The molecule has 17 heavy (non-hydrogen) atoms. The van der Waals surface area contributed by atoms with Gasteiger partial charge in [0.25, 0.3) is 0 Å². The van der Waals surface area contributed by atoms with E-state index in [-0.39, 0.29) is 17.3 Å². The number of likely N-dealkylation sites (tertiary alicyclic amines) is 1. The molecule has 1 spiro atoms. The molecule has 4 nitrogen and oxygen atoms in total. The smallest absolute Gasteiger partial charge is 0.409 e. The number of carbonyl (C=O) groups excluding carboxylic acids is 2. The normalized spacial score (nSPS) is 28.5. The average Bonchev–Trinajstić information content (AvgIpc) is 2.34. The highest BCUT2D eigenvalue weighted by atomic mass is 16.6. The molecule has 1 heterocycles. The van der Waals surface area contributed by atoms with Crippen molar-refractivity contribution in [2.45, 2.75) is 32.6 Å². The Morgan fingerprint density at radius 3 is 3.00 bits per heavy atom. The first-order chi connectivity index (χ1) is 8.15. The van der Waals surface area contributed by atoms with E-state index in [2.05, 4.69) is 0 Å². The Bertz CT molecular complexity index is 351. The highest BCUT2D eigenvalue weighted by Crippen LogP contribution is 2.38. The van der Waals surface area contributed by atoms with E-state index in [0.29, 0.717) is 19.6 Å². The standard InChI is InChI=1S/C13H19NO3/c1-2-17-12(16)14-9-3-6-13(10-14)7-4-11(15)5-8-13/h4,7H,2-3,5-6,8-10H2,1H3. The van der Waals surface area contributed by atoms with E-state index < -0.39 is 0 Å². The van der Waals surface area contributed by atoms with Crippen LogP contribution >= 0.6 is 0 Å². The van der Waals surface area contributed by atoms with Crippen LogP contribution in [0.4, 0.5) is 4.79 Å². The molecule has 94 valence electrons. The molecule has 0 aromatic rings. The quantitative estimate of drug-likeness (QED) is 0.702. The number of rotatable bonds is 1. The van der Waals surface area contributed by atoms with E-state index in [0.717, 1.165) is 25.8 Å². The van der Waals surface area contributed by atoms with Gasteiger partial charge in [-0.05, 0) is 32.3 Å². The van der Waals surface area contributed by atoms with Crippen molar-refractivity contribution in [2.24, 2.45) is 5.41 Å². The van der Waals surface area contributed by atoms with Crippen LogP contribution in [0.25, 0.3) is 0 Å². The zero-order valence-electron chi connectivity index (χ0n) is 10.3. The molecule has 0 radical (unpaired) electrons. The van der Waals surface area contributed by atoms with Gasteiger partial charge in [-0.1, -0.05) is 6.08 Å². The van der Waals surface area contributed by atoms with E-state index in [1.54, 1.807) is 11.0 Å². The summed E-state index contributed by atoms with van der Waals surface area (Å²) in [7, 11) is 0. The Balaban J connectivity index is 2.04. The van der Waals surface area contributed by atoms with Gasteiger partial charge >= 0.3 is 6.09 Å². The number of carbonyl (C=O) groups is 2. The van der Waals surface area contributed by atoms with Gasteiger partial charge in [-0.25, -0.2) is 4.79 Å². The van der Waals surface area contributed by atoms with E-state index in [9.17, 15) is 9.59 Å². The number of ketones is 1. The van der Waals surface area contributed by atoms with Gasteiger partial charge in [0.05, 0.1) is 6.61 Å². The molecule has 0 N–H and O–H groups in total. The zero-order chi connectivity index (χ0) is 12.3. The first kappa shape index (κ1) is 12.1. The molecule has 1 amide bonds. The van der Waals surface area contributed by atoms with Crippen LogP contribution in [0, 0.1) is 5.41 Å². The van der Waals surface area contributed by atoms with Crippen molar-refractivity contribution in [3.63, 3.8) is 0 Å². The molecular weight excluding hydrogens is 218 g/mol. The number of allylic oxidation sites excluding steroid dienone is 1. The van der Waals surface area contributed by atoms with Crippen molar-refractivity contribution in [3.05, 3.63) is 12.2 Å². The number of piperidine rings is 1. The zero-order valence-corrected chi connectivity index (χ0v) is 10.3. The summed E-state index contributed by atoms with van der Waals surface area (Å²) >= 11 is 0. The van der Waals surface area contributed by atoms with Gasteiger partial charge < -0.3 is 9.64 Å². The van der Waals surface area contributed by atoms with Gasteiger partial charge in [0, 0.05) is 24.9 Å². The second-order valence-electron chi connectivity index (χ2n) is 4.89. The minimum atomic E-state index is -0.225. The lowest BCUT2D eigenvalue weighted by Gasteiger charge is -2.41. The highest BCUT2D eigenvalue weighted by molar-refractivity contribution is 5.90. The van der Waals surface area contributed by atoms with Gasteiger partial charge in [0.1, 0.15) is 0 Å². The molecule has 1 unspecified atom stereocenters. The third-order valence-corrected chi connectivity index (χ3v) is 3.63. The third-order valence-electron chi connectivity index (χ3n) is 3.63. The largest absolute Gasteiger partial charge is 0.450 e. The molecule has 1 aliphatic carbocycles. The van der Waals surface area contributed by atoms with Crippen LogP contribution in [0.3, 0.4) is 0 Å². The summed E-state index contributed by atoms with van der Waals surface area (Å²) in [4.78, 5) is 24.7. The first-order valence-corrected chi connectivity index (χ1v) is 6.29. The maximum absolute atomic E-state index is 11.7. The molecule has 1 saturated heterocycles. The third kappa shape index (κ3) is 2.68. The molecule has 4 heteroatoms. The molecule has 1 atom stereocenters. The number of ether oxygens (including phenoxy) is 1. The molecule has 0 aromatic carbocycles. The molecule has 1 aliphatic heterocycles. The summed E-state index contributed by atoms with van der Waals surface area (Å²) in [5.41, 5.74) is 0.0128. The Morgan fingerprint density at radius 1 is 1.53 bits per heavy atom.